The fraction of sp³-hybridized carbons (Fsp3) is 0.462. The zero-order valence-corrected chi connectivity index (χ0v) is 13.9. The predicted molar refractivity (Wildman–Crippen MR) is 81.6 cm³/mol. The van der Waals surface area contributed by atoms with Crippen LogP contribution in [0.3, 0.4) is 0 Å². The van der Waals surface area contributed by atoms with Gasteiger partial charge in [-0.05, 0) is 19.4 Å². The number of thiophene rings is 1. The normalized spacial score (nSPS) is 12.0. The monoisotopic (exact) mass is 329 g/mol. The lowest BCUT2D eigenvalue weighted by Crippen LogP contribution is -2.23. The maximum absolute atomic E-state index is 12.3. The van der Waals surface area contributed by atoms with Crippen LogP contribution in [-0.2, 0) is 36.6 Å². The van der Waals surface area contributed by atoms with Crippen molar-refractivity contribution in [2.45, 2.75) is 38.3 Å². The number of nitrogens with one attached hydrogen (secondary N) is 1. The summed E-state index contributed by atoms with van der Waals surface area (Å²) in [5.41, 5.74) is 1.76. The van der Waals surface area contributed by atoms with Gasteiger partial charge in [0.05, 0.1) is 17.2 Å². The van der Waals surface area contributed by atoms with Gasteiger partial charge in [0.15, 0.2) is 0 Å². The summed E-state index contributed by atoms with van der Waals surface area (Å²) < 4.78 is 29.0. The third-order valence-corrected chi connectivity index (χ3v) is 5.84. The van der Waals surface area contributed by atoms with Crippen molar-refractivity contribution in [1.82, 2.24) is 14.5 Å². The standard InChI is InChI=1S/C13H19N3O3S2/c1-4-12-10(7-16(3)15-12)6-14-21(18,19)13-5-11(8-17)20-9(13)2/h5,7,14,17H,4,6,8H2,1-3H3. The maximum Gasteiger partial charge on any atom is 0.241 e. The largest absolute Gasteiger partial charge is 0.391 e. The number of sulfonamides is 1. The smallest absolute Gasteiger partial charge is 0.241 e. The quantitative estimate of drug-likeness (QED) is 0.837. The molecule has 0 saturated carbocycles. The highest BCUT2D eigenvalue weighted by Gasteiger charge is 2.20. The van der Waals surface area contributed by atoms with Crippen molar-refractivity contribution in [3.05, 3.63) is 33.3 Å². The highest BCUT2D eigenvalue weighted by molar-refractivity contribution is 7.89. The molecule has 0 unspecified atom stereocenters. The third kappa shape index (κ3) is 3.52. The van der Waals surface area contributed by atoms with Gasteiger partial charge in [-0.3, -0.25) is 4.68 Å². The van der Waals surface area contributed by atoms with E-state index < -0.39 is 10.0 Å². The molecule has 6 nitrogen and oxygen atoms in total. The highest BCUT2D eigenvalue weighted by Crippen LogP contribution is 2.25. The van der Waals surface area contributed by atoms with E-state index in [0.717, 1.165) is 17.7 Å². The number of aliphatic hydroxyl groups is 1. The van der Waals surface area contributed by atoms with Crippen molar-refractivity contribution in [3.63, 3.8) is 0 Å². The molecule has 0 amide bonds. The first kappa shape index (κ1) is 16.2. The Bertz CT molecular complexity index is 732. The van der Waals surface area contributed by atoms with Crippen molar-refractivity contribution in [3.8, 4) is 0 Å². The van der Waals surface area contributed by atoms with Crippen LogP contribution in [0.5, 0.6) is 0 Å². The van der Waals surface area contributed by atoms with E-state index in [1.165, 1.54) is 17.4 Å². The van der Waals surface area contributed by atoms with Gasteiger partial charge in [0.25, 0.3) is 0 Å². The molecule has 0 aliphatic heterocycles. The number of hydrogen-bond acceptors (Lipinski definition) is 5. The topological polar surface area (TPSA) is 84.2 Å². The van der Waals surface area contributed by atoms with E-state index in [0.29, 0.717) is 9.75 Å². The van der Waals surface area contributed by atoms with Gasteiger partial charge in [-0.15, -0.1) is 11.3 Å². The van der Waals surface area contributed by atoms with E-state index in [2.05, 4.69) is 9.82 Å². The molecule has 21 heavy (non-hydrogen) atoms. The molecule has 0 radical (unpaired) electrons. The van der Waals surface area contributed by atoms with Crippen LogP contribution in [0, 0.1) is 6.92 Å². The molecule has 0 saturated heterocycles. The van der Waals surface area contributed by atoms with Crippen LogP contribution in [-0.4, -0.2) is 23.3 Å². The second kappa shape index (κ2) is 6.27. The van der Waals surface area contributed by atoms with Gasteiger partial charge in [0.1, 0.15) is 0 Å². The number of rotatable bonds is 6. The van der Waals surface area contributed by atoms with E-state index in [-0.39, 0.29) is 18.0 Å². The van der Waals surface area contributed by atoms with Gasteiger partial charge < -0.3 is 5.11 Å². The molecule has 0 aliphatic rings. The average Bonchev–Trinajstić information content (AvgIpc) is 2.99. The fourth-order valence-corrected chi connectivity index (χ4v) is 4.65. The maximum atomic E-state index is 12.3. The number of hydrogen-bond donors (Lipinski definition) is 2. The molecule has 2 N–H and O–H groups in total. The van der Waals surface area contributed by atoms with Gasteiger partial charge in [-0.1, -0.05) is 6.92 Å². The highest BCUT2D eigenvalue weighted by atomic mass is 32.2. The molecule has 0 aromatic carbocycles. The predicted octanol–water partition coefficient (Wildman–Crippen LogP) is 1.32. The van der Waals surface area contributed by atoms with Crippen LogP contribution in [0.1, 0.15) is 27.9 Å². The summed E-state index contributed by atoms with van der Waals surface area (Å²) in [5.74, 6) is 0. The Balaban J connectivity index is 2.19. The molecular formula is C13H19N3O3S2. The van der Waals surface area contributed by atoms with E-state index in [1.807, 2.05) is 20.2 Å². The first-order valence-corrected chi connectivity index (χ1v) is 8.88. The van der Waals surface area contributed by atoms with Crippen LogP contribution < -0.4 is 4.72 Å². The Morgan fingerprint density at radius 1 is 1.48 bits per heavy atom. The summed E-state index contributed by atoms with van der Waals surface area (Å²) in [5, 5.41) is 13.4. The molecule has 2 heterocycles. The van der Waals surface area contributed by atoms with Crippen LogP contribution in [0.4, 0.5) is 0 Å². The van der Waals surface area contributed by atoms with E-state index >= 15 is 0 Å². The van der Waals surface area contributed by atoms with Gasteiger partial charge in [0, 0.05) is 35.1 Å². The first-order chi connectivity index (χ1) is 9.87. The van der Waals surface area contributed by atoms with Crippen LogP contribution in [0.15, 0.2) is 17.2 Å². The Morgan fingerprint density at radius 3 is 2.76 bits per heavy atom. The molecule has 116 valence electrons. The fourth-order valence-electron chi connectivity index (χ4n) is 2.15. The third-order valence-electron chi connectivity index (χ3n) is 3.15. The zero-order valence-electron chi connectivity index (χ0n) is 12.3. The summed E-state index contributed by atoms with van der Waals surface area (Å²) in [6, 6.07) is 1.52. The number of aryl methyl sites for hydroxylation is 3. The van der Waals surface area contributed by atoms with Crippen molar-refractivity contribution in [2.75, 3.05) is 0 Å². The molecule has 0 spiro atoms. The minimum Gasteiger partial charge on any atom is -0.391 e. The number of aromatic nitrogens is 2. The minimum atomic E-state index is -3.58. The van der Waals surface area contributed by atoms with Gasteiger partial charge in [-0.2, -0.15) is 5.10 Å². The SMILES string of the molecule is CCc1nn(C)cc1CNS(=O)(=O)c1cc(CO)sc1C. The summed E-state index contributed by atoms with van der Waals surface area (Å²) in [7, 11) is -1.77. The molecule has 0 aliphatic carbocycles. The van der Waals surface area contributed by atoms with E-state index in [1.54, 1.807) is 11.6 Å². The van der Waals surface area contributed by atoms with Crippen LogP contribution in [0.2, 0.25) is 0 Å². The number of aliphatic hydroxyl groups excluding tert-OH is 1. The van der Waals surface area contributed by atoms with Crippen molar-refractivity contribution in [2.24, 2.45) is 7.05 Å². The summed E-state index contributed by atoms with van der Waals surface area (Å²) in [4.78, 5) is 1.55. The van der Waals surface area contributed by atoms with Crippen LogP contribution >= 0.6 is 11.3 Å². The van der Waals surface area contributed by atoms with E-state index in [9.17, 15) is 8.42 Å². The summed E-state index contributed by atoms with van der Waals surface area (Å²) >= 11 is 1.29. The molecular weight excluding hydrogens is 310 g/mol. The van der Waals surface area contributed by atoms with Crippen molar-refractivity contribution >= 4 is 21.4 Å². The van der Waals surface area contributed by atoms with Crippen molar-refractivity contribution in [1.29, 1.82) is 0 Å². The summed E-state index contributed by atoms with van der Waals surface area (Å²) in [6.07, 6.45) is 2.57. The van der Waals surface area contributed by atoms with Gasteiger partial charge in [-0.25, -0.2) is 13.1 Å². The first-order valence-electron chi connectivity index (χ1n) is 6.58. The van der Waals surface area contributed by atoms with E-state index in [4.69, 9.17) is 5.11 Å². The van der Waals surface area contributed by atoms with Crippen LogP contribution in [0.25, 0.3) is 0 Å². The van der Waals surface area contributed by atoms with Crippen molar-refractivity contribution < 1.29 is 13.5 Å². The Hall–Kier alpha value is -1.22. The number of nitrogens with zero attached hydrogens (tertiary/aromatic N) is 2. The Morgan fingerprint density at radius 2 is 2.19 bits per heavy atom. The Kier molecular flexibility index (Phi) is 4.82. The second-order valence-electron chi connectivity index (χ2n) is 4.74. The molecule has 2 aromatic heterocycles. The minimum absolute atomic E-state index is 0.149. The zero-order chi connectivity index (χ0) is 15.6. The molecule has 0 atom stereocenters. The van der Waals surface area contributed by atoms with Gasteiger partial charge >= 0.3 is 0 Å². The average molecular weight is 329 g/mol. The second-order valence-corrected chi connectivity index (χ2v) is 7.82. The van der Waals surface area contributed by atoms with Gasteiger partial charge in [0.2, 0.25) is 10.0 Å². The molecule has 0 fully saturated rings. The Labute approximate surface area is 128 Å². The molecule has 2 aromatic rings. The summed E-state index contributed by atoms with van der Waals surface area (Å²) in [6.45, 7) is 3.78. The molecule has 0 bridgehead atoms. The molecule has 8 heteroatoms. The lowest BCUT2D eigenvalue weighted by atomic mass is 10.2. The lowest BCUT2D eigenvalue weighted by Gasteiger charge is -2.06. The molecule has 2 rings (SSSR count). The lowest BCUT2D eigenvalue weighted by molar-refractivity contribution is 0.285.